The maximum atomic E-state index is 12.7. The van der Waals surface area contributed by atoms with Crippen LogP contribution in [0.1, 0.15) is 35.4 Å². The lowest BCUT2D eigenvalue weighted by atomic mass is 9.98. The number of aliphatic hydroxyl groups is 1. The van der Waals surface area contributed by atoms with Crippen molar-refractivity contribution in [3.05, 3.63) is 95.6 Å². The van der Waals surface area contributed by atoms with E-state index in [1.165, 1.54) is 0 Å². The highest BCUT2D eigenvalue weighted by Gasteiger charge is 2.46. The molecule has 1 heterocycles. The van der Waals surface area contributed by atoms with Crippen LogP contribution < -0.4 is 10.6 Å². The molecule has 2 amide bonds. The summed E-state index contributed by atoms with van der Waals surface area (Å²) in [6, 6.07) is 25.8. The highest BCUT2D eigenvalue weighted by atomic mass is 16.5. The minimum absolute atomic E-state index is 0.0890. The van der Waals surface area contributed by atoms with Gasteiger partial charge in [0.2, 0.25) is 5.91 Å². The second-order valence-corrected chi connectivity index (χ2v) is 10.4. The summed E-state index contributed by atoms with van der Waals surface area (Å²) in [5.41, 5.74) is 4.07. The predicted octanol–water partition coefficient (Wildman–Crippen LogP) is 3.12. The molecule has 0 aromatic heterocycles. The fourth-order valence-corrected chi connectivity index (χ4v) is 5.65. The van der Waals surface area contributed by atoms with Crippen molar-refractivity contribution in [3.63, 3.8) is 0 Å². The number of carbonyl (C=O) groups is 3. The van der Waals surface area contributed by atoms with E-state index in [0.29, 0.717) is 13.1 Å². The number of carboxylic acids is 1. The van der Waals surface area contributed by atoms with Crippen molar-refractivity contribution in [3.8, 4) is 11.1 Å². The molecule has 0 spiro atoms. The molecule has 9 heteroatoms. The van der Waals surface area contributed by atoms with Gasteiger partial charge in [-0.2, -0.15) is 0 Å². The number of carbonyl (C=O) groups excluding carboxylic acids is 2. The molecule has 5 rings (SSSR count). The zero-order valence-corrected chi connectivity index (χ0v) is 22.1. The molecule has 3 aromatic rings. The number of hydrogen-bond acceptors (Lipinski definition) is 6. The van der Waals surface area contributed by atoms with Gasteiger partial charge in [-0.3, -0.25) is 9.69 Å². The summed E-state index contributed by atoms with van der Waals surface area (Å²) in [7, 11) is 0. The number of alkyl carbamates (subject to hydrolysis) is 1. The molecule has 0 saturated carbocycles. The summed E-state index contributed by atoms with van der Waals surface area (Å²) >= 11 is 0. The molecule has 2 unspecified atom stereocenters. The SMILES string of the molecule is O=C(CC(O)CNC(=O)OCC1c2ccccc2-c2ccccc21)NC1(C(=O)O)CCN(Cc2ccccc2)C1. The van der Waals surface area contributed by atoms with Crippen molar-refractivity contribution in [2.45, 2.75) is 36.9 Å². The normalized spacial score (nSPS) is 18.9. The molecular formula is C31H33N3O6. The van der Waals surface area contributed by atoms with Crippen LogP contribution in [0, 0.1) is 0 Å². The van der Waals surface area contributed by atoms with Crippen LogP contribution in [-0.2, 0) is 20.9 Å². The van der Waals surface area contributed by atoms with Crippen LogP contribution in [0.25, 0.3) is 11.1 Å². The number of nitrogens with one attached hydrogen (secondary N) is 2. The Kier molecular flexibility index (Phi) is 8.14. The van der Waals surface area contributed by atoms with E-state index in [0.717, 1.165) is 27.8 Å². The van der Waals surface area contributed by atoms with Gasteiger partial charge in [0.25, 0.3) is 0 Å². The van der Waals surface area contributed by atoms with Crippen LogP contribution in [-0.4, -0.2) is 71.0 Å². The number of ether oxygens (including phenoxy) is 1. The lowest BCUT2D eigenvalue weighted by molar-refractivity contribution is -0.147. The van der Waals surface area contributed by atoms with Crippen LogP contribution in [0.15, 0.2) is 78.9 Å². The zero-order chi connectivity index (χ0) is 28.1. The number of amides is 2. The lowest BCUT2D eigenvalue weighted by Crippen LogP contribution is -2.56. The average Bonchev–Trinajstić information content (AvgIpc) is 3.50. The quantitative estimate of drug-likeness (QED) is 0.309. The van der Waals surface area contributed by atoms with E-state index in [9.17, 15) is 24.6 Å². The van der Waals surface area contributed by atoms with E-state index >= 15 is 0 Å². The Labute approximate surface area is 232 Å². The number of hydrogen-bond donors (Lipinski definition) is 4. The smallest absolute Gasteiger partial charge is 0.407 e. The van der Waals surface area contributed by atoms with Gasteiger partial charge in [0, 0.05) is 32.1 Å². The summed E-state index contributed by atoms with van der Waals surface area (Å²) in [5.74, 6) is -1.79. The third kappa shape index (κ3) is 6.00. The maximum absolute atomic E-state index is 12.7. The Bertz CT molecular complexity index is 1330. The van der Waals surface area contributed by atoms with Gasteiger partial charge in [0.05, 0.1) is 12.5 Å². The Morgan fingerprint density at radius 1 is 0.950 bits per heavy atom. The van der Waals surface area contributed by atoms with E-state index in [1.807, 2.05) is 71.6 Å². The van der Waals surface area contributed by atoms with Crippen molar-refractivity contribution >= 4 is 18.0 Å². The molecule has 1 aliphatic carbocycles. The van der Waals surface area contributed by atoms with Gasteiger partial charge in [-0.1, -0.05) is 78.9 Å². The summed E-state index contributed by atoms with van der Waals surface area (Å²) < 4.78 is 5.47. The summed E-state index contributed by atoms with van der Waals surface area (Å²) in [6.07, 6.45) is -1.99. The Morgan fingerprint density at radius 3 is 2.23 bits per heavy atom. The molecule has 0 bridgehead atoms. The number of likely N-dealkylation sites (tertiary alicyclic amines) is 1. The monoisotopic (exact) mass is 543 g/mol. The Morgan fingerprint density at radius 2 is 1.57 bits per heavy atom. The molecule has 0 radical (unpaired) electrons. The molecule has 2 aliphatic rings. The summed E-state index contributed by atoms with van der Waals surface area (Å²) in [4.78, 5) is 39.2. The number of fused-ring (bicyclic) bond motifs is 3. The highest BCUT2D eigenvalue weighted by Crippen LogP contribution is 2.44. The van der Waals surface area contributed by atoms with Gasteiger partial charge < -0.3 is 25.6 Å². The van der Waals surface area contributed by atoms with Crippen molar-refractivity contribution in [2.75, 3.05) is 26.2 Å². The van der Waals surface area contributed by atoms with Gasteiger partial charge >= 0.3 is 12.1 Å². The largest absolute Gasteiger partial charge is 0.479 e. The molecule has 208 valence electrons. The standard InChI is InChI=1S/C31H33N3O6/c35-22(16-28(36)33-31(29(37)38)14-15-34(20-31)18-21-8-2-1-3-9-21)17-32-30(39)40-19-27-25-12-6-4-10-23(25)24-11-5-7-13-26(24)27/h1-13,22,27,35H,14-20H2,(H,32,39)(H,33,36)(H,37,38). The molecule has 3 aromatic carbocycles. The second kappa shape index (κ2) is 11.9. The van der Waals surface area contributed by atoms with E-state index in [2.05, 4.69) is 22.8 Å². The molecule has 1 fully saturated rings. The topological polar surface area (TPSA) is 128 Å². The molecule has 2 atom stereocenters. The minimum atomic E-state index is -1.42. The van der Waals surface area contributed by atoms with Crippen LogP contribution in [0.5, 0.6) is 0 Å². The Hall–Kier alpha value is -4.21. The number of aliphatic carboxylic acids is 1. The van der Waals surface area contributed by atoms with E-state index < -0.39 is 29.6 Å². The fraction of sp³-hybridized carbons (Fsp3) is 0.323. The number of rotatable bonds is 10. The maximum Gasteiger partial charge on any atom is 0.407 e. The fourth-order valence-electron chi connectivity index (χ4n) is 5.65. The van der Waals surface area contributed by atoms with E-state index in [4.69, 9.17) is 4.74 Å². The van der Waals surface area contributed by atoms with Gasteiger partial charge in [-0.05, 0) is 34.2 Å². The number of nitrogens with zero attached hydrogens (tertiary/aromatic N) is 1. The highest BCUT2D eigenvalue weighted by molar-refractivity contribution is 5.88. The van der Waals surface area contributed by atoms with Gasteiger partial charge in [-0.15, -0.1) is 0 Å². The molecule has 40 heavy (non-hydrogen) atoms. The second-order valence-electron chi connectivity index (χ2n) is 10.4. The van der Waals surface area contributed by atoms with Crippen LogP contribution in [0.3, 0.4) is 0 Å². The van der Waals surface area contributed by atoms with Crippen LogP contribution >= 0.6 is 0 Å². The van der Waals surface area contributed by atoms with Crippen molar-refractivity contribution in [1.82, 2.24) is 15.5 Å². The number of benzene rings is 3. The van der Waals surface area contributed by atoms with Gasteiger partial charge in [0.1, 0.15) is 6.61 Å². The van der Waals surface area contributed by atoms with Crippen molar-refractivity contribution < 1.29 is 29.3 Å². The molecular weight excluding hydrogens is 510 g/mol. The van der Waals surface area contributed by atoms with Crippen molar-refractivity contribution in [1.29, 1.82) is 0 Å². The molecule has 4 N–H and O–H groups in total. The van der Waals surface area contributed by atoms with Gasteiger partial charge in [-0.25, -0.2) is 9.59 Å². The molecule has 9 nitrogen and oxygen atoms in total. The summed E-state index contributed by atoms with van der Waals surface area (Å²) in [6.45, 7) is 1.20. The first kappa shape index (κ1) is 27.4. The van der Waals surface area contributed by atoms with E-state index in [1.54, 1.807) is 0 Å². The first-order valence-electron chi connectivity index (χ1n) is 13.4. The number of aliphatic hydroxyl groups excluding tert-OH is 1. The van der Waals surface area contributed by atoms with Crippen molar-refractivity contribution in [2.24, 2.45) is 0 Å². The van der Waals surface area contributed by atoms with Crippen LogP contribution in [0.4, 0.5) is 4.79 Å². The lowest BCUT2D eigenvalue weighted by Gasteiger charge is -2.27. The zero-order valence-electron chi connectivity index (χ0n) is 22.1. The summed E-state index contributed by atoms with van der Waals surface area (Å²) in [5, 5.41) is 25.4. The first-order valence-corrected chi connectivity index (χ1v) is 13.4. The third-order valence-corrected chi connectivity index (χ3v) is 7.63. The minimum Gasteiger partial charge on any atom is -0.479 e. The predicted molar refractivity (Wildman–Crippen MR) is 149 cm³/mol. The van der Waals surface area contributed by atoms with Gasteiger partial charge in [0.15, 0.2) is 5.54 Å². The molecule has 1 aliphatic heterocycles. The van der Waals surface area contributed by atoms with E-state index in [-0.39, 0.29) is 38.5 Å². The average molecular weight is 544 g/mol. The Balaban J connectivity index is 1.08. The number of carboxylic acid groups (broad SMARTS) is 1. The first-order chi connectivity index (χ1) is 19.3. The third-order valence-electron chi connectivity index (χ3n) is 7.63. The molecule has 1 saturated heterocycles. The van der Waals surface area contributed by atoms with Crippen LogP contribution in [0.2, 0.25) is 0 Å².